The molecule has 0 aliphatic carbocycles. The van der Waals surface area contributed by atoms with Gasteiger partial charge in [0.1, 0.15) is 17.6 Å². The highest BCUT2D eigenvalue weighted by Gasteiger charge is 2.38. The van der Waals surface area contributed by atoms with Crippen molar-refractivity contribution in [1.82, 2.24) is 9.97 Å². The Bertz CT molecular complexity index is 1390. The zero-order valence-electron chi connectivity index (χ0n) is 20.1. The van der Waals surface area contributed by atoms with Crippen LogP contribution >= 0.6 is 0 Å². The van der Waals surface area contributed by atoms with E-state index in [0.717, 1.165) is 16.7 Å². The van der Waals surface area contributed by atoms with Gasteiger partial charge < -0.3 is 15.3 Å². The Balaban J connectivity index is 1.60. The van der Waals surface area contributed by atoms with Gasteiger partial charge in [-0.2, -0.15) is 10.5 Å². The number of anilines is 2. The Morgan fingerprint density at radius 2 is 1.91 bits per heavy atom. The van der Waals surface area contributed by atoms with E-state index in [9.17, 15) is 20.4 Å². The zero-order chi connectivity index (χ0) is 25.4. The van der Waals surface area contributed by atoms with Crippen molar-refractivity contribution in [3.8, 4) is 23.3 Å². The summed E-state index contributed by atoms with van der Waals surface area (Å²) in [6.45, 7) is 8.13. The van der Waals surface area contributed by atoms with Crippen LogP contribution in [0.3, 0.4) is 0 Å². The quantitative estimate of drug-likeness (QED) is 0.583. The van der Waals surface area contributed by atoms with E-state index in [1.165, 1.54) is 6.20 Å². The molecule has 8 heteroatoms. The molecule has 1 amide bonds. The number of hydrogen-bond donors (Lipinski definition) is 2. The molecule has 0 atom stereocenters. The Kier molecular flexibility index (Phi) is 6.02. The van der Waals surface area contributed by atoms with Gasteiger partial charge in [0.2, 0.25) is 0 Å². The minimum atomic E-state index is -0.769. The fourth-order valence-electron chi connectivity index (χ4n) is 4.08. The summed E-state index contributed by atoms with van der Waals surface area (Å²) in [6.07, 6.45) is 3.23. The lowest BCUT2D eigenvalue weighted by Crippen LogP contribution is -2.60. The molecule has 0 unspecified atom stereocenters. The highest BCUT2D eigenvalue weighted by atomic mass is 16.3. The Hall–Kier alpha value is -4.27. The lowest BCUT2D eigenvalue weighted by molar-refractivity contribution is 0.0305. The van der Waals surface area contributed by atoms with Crippen LogP contribution in [0.2, 0.25) is 0 Å². The van der Waals surface area contributed by atoms with Crippen molar-refractivity contribution in [2.45, 2.75) is 38.7 Å². The minimum absolute atomic E-state index is 0.219. The summed E-state index contributed by atoms with van der Waals surface area (Å²) in [6, 6.07) is 15.1. The van der Waals surface area contributed by atoms with Gasteiger partial charge in [-0.15, -0.1) is 0 Å². The molecule has 1 aromatic carbocycles. The standard InChI is InChI=1S/C27H26N6O2/c1-17-5-6-21(32-25(34)23-10-20(7-8-30-23)26(2,3)14-29)11-22(17)19-9-18(12-28)24(31-13-19)33-15-27(4,35)16-33/h5-11,13,35H,15-16H2,1-4H3,(H,32,34). The molecule has 3 heterocycles. The van der Waals surface area contributed by atoms with Gasteiger partial charge >= 0.3 is 0 Å². The van der Waals surface area contributed by atoms with Crippen molar-refractivity contribution in [2.75, 3.05) is 23.3 Å². The number of nitrogens with zero attached hydrogens (tertiary/aromatic N) is 5. The Morgan fingerprint density at radius 1 is 1.17 bits per heavy atom. The second-order valence-corrected chi connectivity index (χ2v) is 9.71. The first-order valence-corrected chi connectivity index (χ1v) is 11.2. The summed E-state index contributed by atoms with van der Waals surface area (Å²) in [4.78, 5) is 23.4. The number of aromatic nitrogens is 2. The number of hydrogen-bond acceptors (Lipinski definition) is 7. The van der Waals surface area contributed by atoms with Crippen molar-refractivity contribution < 1.29 is 9.90 Å². The van der Waals surface area contributed by atoms with Crippen LogP contribution in [0.1, 0.15) is 48.0 Å². The first-order chi connectivity index (χ1) is 16.5. The van der Waals surface area contributed by atoms with Gasteiger partial charge in [0.15, 0.2) is 0 Å². The third kappa shape index (κ3) is 4.84. The fourth-order valence-corrected chi connectivity index (χ4v) is 4.08. The summed E-state index contributed by atoms with van der Waals surface area (Å²) in [5, 5.41) is 32.0. The Labute approximate surface area is 204 Å². The molecule has 176 valence electrons. The molecule has 2 N–H and O–H groups in total. The lowest BCUT2D eigenvalue weighted by atomic mass is 9.86. The van der Waals surface area contributed by atoms with E-state index >= 15 is 0 Å². The van der Waals surface area contributed by atoms with Crippen molar-refractivity contribution >= 4 is 17.4 Å². The van der Waals surface area contributed by atoms with E-state index in [1.54, 1.807) is 51.2 Å². The average molecular weight is 467 g/mol. The van der Waals surface area contributed by atoms with Crippen LogP contribution in [0.25, 0.3) is 11.1 Å². The van der Waals surface area contributed by atoms with Gasteiger partial charge in [-0.25, -0.2) is 4.98 Å². The molecule has 1 aliphatic rings. The number of pyridine rings is 2. The smallest absolute Gasteiger partial charge is 0.274 e. The number of carbonyl (C=O) groups is 1. The number of nitriles is 2. The normalized spacial score (nSPS) is 14.4. The number of nitrogens with one attached hydrogen (secondary N) is 1. The summed E-state index contributed by atoms with van der Waals surface area (Å²) in [5.74, 6) is 0.169. The van der Waals surface area contributed by atoms with Crippen LogP contribution in [0.5, 0.6) is 0 Å². The summed E-state index contributed by atoms with van der Waals surface area (Å²) < 4.78 is 0. The van der Waals surface area contributed by atoms with Gasteiger partial charge in [-0.1, -0.05) is 6.07 Å². The number of carbonyl (C=O) groups excluding carboxylic acids is 1. The second-order valence-electron chi connectivity index (χ2n) is 9.71. The van der Waals surface area contributed by atoms with Gasteiger partial charge in [0.25, 0.3) is 5.91 Å². The molecule has 0 spiro atoms. The fraction of sp³-hybridized carbons (Fsp3) is 0.296. The monoisotopic (exact) mass is 466 g/mol. The number of amides is 1. The number of aliphatic hydroxyl groups is 1. The van der Waals surface area contributed by atoms with Crippen LogP contribution in [0.15, 0.2) is 48.8 Å². The van der Waals surface area contributed by atoms with Gasteiger partial charge in [-0.05, 0) is 74.7 Å². The third-order valence-corrected chi connectivity index (χ3v) is 6.15. The van der Waals surface area contributed by atoms with Crippen molar-refractivity contribution in [3.63, 3.8) is 0 Å². The summed E-state index contributed by atoms with van der Waals surface area (Å²) in [5.41, 5.74) is 2.97. The maximum atomic E-state index is 12.9. The third-order valence-electron chi connectivity index (χ3n) is 6.15. The molecule has 35 heavy (non-hydrogen) atoms. The van der Waals surface area contributed by atoms with E-state index in [2.05, 4.69) is 27.4 Å². The van der Waals surface area contributed by atoms with E-state index in [-0.39, 0.29) is 11.6 Å². The van der Waals surface area contributed by atoms with E-state index in [1.807, 2.05) is 24.0 Å². The van der Waals surface area contributed by atoms with Crippen LogP contribution in [0.4, 0.5) is 11.5 Å². The number of β-amino-alcohol motifs (C(OH)–C–C–N with tert-alkyl or cyclic N) is 1. The van der Waals surface area contributed by atoms with Gasteiger partial charge in [-0.3, -0.25) is 9.78 Å². The molecule has 2 aromatic heterocycles. The SMILES string of the molecule is Cc1ccc(NC(=O)c2cc(C(C)(C)C#N)ccn2)cc1-c1cnc(N2CC(C)(O)C2)c(C#N)c1. The number of rotatable bonds is 5. The van der Waals surface area contributed by atoms with Crippen LogP contribution in [-0.2, 0) is 5.41 Å². The molecule has 1 aliphatic heterocycles. The summed E-state index contributed by atoms with van der Waals surface area (Å²) >= 11 is 0. The number of benzene rings is 1. The van der Waals surface area contributed by atoms with Crippen molar-refractivity contribution in [1.29, 1.82) is 10.5 Å². The predicted octanol–water partition coefficient (Wildman–Crippen LogP) is 3.95. The average Bonchev–Trinajstić information content (AvgIpc) is 2.83. The first-order valence-electron chi connectivity index (χ1n) is 11.2. The summed E-state index contributed by atoms with van der Waals surface area (Å²) in [7, 11) is 0. The van der Waals surface area contributed by atoms with Crippen LogP contribution in [0, 0.1) is 29.6 Å². The predicted molar refractivity (Wildman–Crippen MR) is 133 cm³/mol. The maximum Gasteiger partial charge on any atom is 0.274 e. The molecule has 4 rings (SSSR count). The topological polar surface area (TPSA) is 126 Å². The maximum absolute atomic E-state index is 12.9. The first kappa shape index (κ1) is 23.9. The zero-order valence-corrected chi connectivity index (χ0v) is 20.1. The molecular formula is C27H26N6O2. The van der Waals surface area contributed by atoms with Gasteiger partial charge in [0.05, 0.1) is 22.6 Å². The van der Waals surface area contributed by atoms with E-state index in [4.69, 9.17) is 0 Å². The van der Waals surface area contributed by atoms with Crippen molar-refractivity contribution in [2.24, 2.45) is 0 Å². The number of aryl methyl sites for hydroxylation is 1. The Morgan fingerprint density at radius 3 is 2.57 bits per heavy atom. The molecule has 3 aromatic rings. The highest BCUT2D eigenvalue weighted by Crippen LogP contribution is 2.33. The molecular weight excluding hydrogens is 440 g/mol. The molecule has 0 bridgehead atoms. The van der Waals surface area contributed by atoms with Crippen molar-refractivity contribution in [3.05, 3.63) is 71.2 Å². The van der Waals surface area contributed by atoms with Gasteiger partial charge in [0, 0.05) is 36.7 Å². The highest BCUT2D eigenvalue weighted by molar-refractivity contribution is 6.03. The van der Waals surface area contributed by atoms with E-state index in [0.29, 0.717) is 35.7 Å². The molecule has 1 fully saturated rings. The molecule has 8 nitrogen and oxygen atoms in total. The van der Waals surface area contributed by atoms with Crippen LogP contribution < -0.4 is 10.2 Å². The van der Waals surface area contributed by atoms with E-state index < -0.39 is 11.0 Å². The molecule has 0 radical (unpaired) electrons. The molecule has 1 saturated heterocycles. The molecule has 0 saturated carbocycles. The second kappa shape index (κ2) is 8.83. The largest absolute Gasteiger partial charge is 0.386 e. The lowest BCUT2D eigenvalue weighted by Gasteiger charge is -2.45. The van der Waals surface area contributed by atoms with Crippen LogP contribution in [-0.4, -0.2) is 39.7 Å². The minimum Gasteiger partial charge on any atom is -0.386 e.